The summed E-state index contributed by atoms with van der Waals surface area (Å²) in [6, 6.07) is 13.4. The topological polar surface area (TPSA) is 72.7 Å². The van der Waals surface area contributed by atoms with Gasteiger partial charge >= 0.3 is 6.03 Å². The second-order valence-corrected chi connectivity index (χ2v) is 8.33. The van der Waals surface area contributed by atoms with Gasteiger partial charge in [0.05, 0.1) is 19.6 Å². The molecule has 2 aromatic carbocycles. The number of benzene rings is 2. The summed E-state index contributed by atoms with van der Waals surface area (Å²) in [4.78, 5) is 12.7. The molecule has 0 saturated carbocycles. The highest BCUT2D eigenvalue weighted by molar-refractivity contribution is 5.91. The first-order chi connectivity index (χ1) is 15.4. The first-order valence-corrected chi connectivity index (χ1v) is 10.9. The monoisotopic (exact) mass is 436 g/mol. The predicted molar refractivity (Wildman–Crippen MR) is 127 cm³/mol. The van der Waals surface area contributed by atoms with Crippen molar-refractivity contribution in [3.8, 4) is 11.5 Å². The first-order valence-electron chi connectivity index (χ1n) is 10.9. The van der Waals surface area contributed by atoms with Gasteiger partial charge in [0.15, 0.2) is 11.5 Å². The van der Waals surface area contributed by atoms with E-state index in [0.717, 1.165) is 27.9 Å². The number of nitrogens with one attached hydrogen (secondary N) is 2. The van der Waals surface area contributed by atoms with Gasteiger partial charge in [-0.05, 0) is 46.7 Å². The molecule has 170 valence electrons. The van der Waals surface area contributed by atoms with Crippen LogP contribution in [0.3, 0.4) is 0 Å². The van der Waals surface area contributed by atoms with Gasteiger partial charge in [-0.2, -0.15) is 0 Å². The molecule has 0 aliphatic heterocycles. The molecular formula is C26H32N2O4. The quantitative estimate of drug-likeness (QED) is 0.405. The molecule has 32 heavy (non-hydrogen) atoms. The Labute approximate surface area is 189 Å². The number of anilines is 1. The molecular weight excluding hydrogens is 404 g/mol. The van der Waals surface area contributed by atoms with Crippen molar-refractivity contribution in [1.82, 2.24) is 5.32 Å². The van der Waals surface area contributed by atoms with Crippen LogP contribution in [-0.2, 0) is 13.2 Å². The van der Waals surface area contributed by atoms with Crippen molar-refractivity contribution in [2.24, 2.45) is 0 Å². The van der Waals surface area contributed by atoms with Gasteiger partial charge in [-0.15, -0.1) is 0 Å². The Bertz CT molecular complexity index is 1000. The molecule has 0 atom stereocenters. The molecule has 0 aliphatic rings. The van der Waals surface area contributed by atoms with Gasteiger partial charge in [0.25, 0.3) is 0 Å². The van der Waals surface area contributed by atoms with Crippen LogP contribution < -0.4 is 20.1 Å². The third kappa shape index (κ3) is 5.84. The number of rotatable bonds is 9. The van der Waals surface area contributed by atoms with Crippen LogP contribution in [-0.4, -0.2) is 13.1 Å². The zero-order valence-electron chi connectivity index (χ0n) is 19.4. The van der Waals surface area contributed by atoms with Crippen LogP contribution in [0.1, 0.15) is 61.8 Å². The molecule has 1 aromatic heterocycles. The summed E-state index contributed by atoms with van der Waals surface area (Å²) in [5.74, 6) is 1.86. The second-order valence-electron chi connectivity index (χ2n) is 8.33. The second kappa shape index (κ2) is 10.8. The molecule has 6 heteroatoms. The van der Waals surface area contributed by atoms with Crippen LogP contribution in [0.15, 0.2) is 59.4 Å². The fourth-order valence-electron chi connectivity index (χ4n) is 3.51. The Morgan fingerprint density at radius 2 is 1.69 bits per heavy atom. The van der Waals surface area contributed by atoms with Gasteiger partial charge in [0.2, 0.25) is 0 Å². The number of para-hydroxylation sites is 1. The largest absolute Gasteiger partial charge is 0.493 e. The Kier molecular flexibility index (Phi) is 7.82. The van der Waals surface area contributed by atoms with E-state index in [0.29, 0.717) is 36.5 Å². The third-order valence-corrected chi connectivity index (χ3v) is 5.27. The highest BCUT2D eigenvalue weighted by Gasteiger charge is 2.16. The molecule has 0 aliphatic carbocycles. The highest BCUT2D eigenvalue weighted by atomic mass is 16.5. The van der Waals surface area contributed by atoms with Gasteiger partial charge in [-0.25, -0.2) is 4.79 Å². The average Bonchev–Trinajstić information content (AvgIpc) is 3.30. The van der Waals surface area contributed by atoms with E-state index in [4.69, 9.17) is 13.9 Å². The number of carbonyl (C=O) groups excluding carboxylic acids is 1. The lowest BCUT2D eigenvalue weighted by atomic mass is 9.93. The number of furan rings is 1. The number of urea groups is 1. The fraction of sp³-hybridized carbons (Fsp3) is 0.346. The third-order valence-electron chi connectivity index (χ3n) is 5.27. The minimum atomic E-state index is -0.237. The van der Waals surface area contributed by atoms with Crippen LogP contribution >= 0.6 is 0 Å². The van der Waals surface area contributed by atoms with Crippen LogP contribution in [0.5, 0.6) is 11.5 Å². The van der Waals surface area contributed by atoms with E-state index in [9.17, 15) is 4.79 Å². The molecule has 0 radical (unpaired) electrons. The minimum absolute atomic E-state index is 0.237. The molecule has 2 amide bonds. The maximum atomic E-state index is 12.7. The zero-order chi connectivity index (χ0) is 23.1. The summed E-state index contributed by atoms with van der Waals surface area (Å²) >= 11 is 0. The van der Waals surface area contributed by atoms with Gasteiger partial charge < -0.3 is 24.5 Å². The summed E-state index contributed by atoms with van der Waals surface area (Å²) in [5.41, 5.74) is 5.01. The van der Waals surface area contributed by atoms with Gasteiger partial charge in [0, 0.05) is 17.8 Å². The number of hydrogen-bond acceptors (Lipinski definition) is 4. The maximum absolute atomic E-state index is 12.7. The Morgan fingerprint density at radius 1 is 0.969 bits per heavy atom. The van der Waals surface area contributed by atoms with Crippen LogP contribution in [0.25, 0.3) is 0 Å². The molecule has 0 fully saturated rings. The van der Waals surface area contributed by atoms with Crippen molar-refractivity contribution < 1.29 is 18.7 Å². The lowest BCUT2D eigenvalue weighted by molar-refractivity contribution is 0.251. The summed E-state index contributed by atoms with van der Waals surface area (Å²) in [6.07, 6.45) is 3.25. The summed E-state index contributed by atoms with van der Waals surface area (Å²) < 4.78 is 16.3. The fourth-order valence-corrected chi connectivity index (χ4v) is 3.51. The number of amides is 2. The van der Waals surface area contributed by atoms with Crippen LogP contribution in [0.2, 0.25) is 0 Å². The van der Waals surface area contributed by atoms with Gasteiger partial charge in [-0.3, -0.25) is 0 Å². The number of ether oxygens (including phenoxy) is 2. The Morgan fingerprint density at radius 3 is 2.28 bits per heavy atom. The van der Waals surface area contributed by atoms with E-state index in [1.54, 1.807) is 19.6 Å². The average molecular weight is 437 g/mol. The lowest BCUT2D eigenvalue weighted by Gasteiger charge is -2.20. The minimum Gasteiger partial charge on any atom is -0.493 e. The van der Waals surface area contributed by atoms with Gasteiger partial charge in [0.1, 0.15) is 6.61 Å². The van der Waals surface area contributed by atoms with Crippen molar-refractivity contribution in [2.75, 3.05) is 12.4 Å². The molecule has 0 unspecified atom stereocenters. The normalized spacial score (nSPS) is 11.0. The summed E-state index contributed by atoms with van der Waals surface area (Å²) in [7, 11) is 1.60. The predicted octanol–water partition coefficient (Wildman–Crippen LogP) is 6.44. The first kappa shape index (κ1) is 23.3. The molecule has 0 saturated heterocycles. The Hall–Kier alpha value is -3.41. The van der Waals surface area contributed by atoms with E-state index in [1.165, 1.54) is 0 Å². The number of methoxy groups -OCH3 is 1. The van der Waals surface area contributed by atoms with Crippen LogP contribution in [0.4, 0.5) is 10.5 Å². The van der Waals surface area contributed by atoms with E-state index in [1.807, 2.05) is 24.3 Å². The molecule has 1 heterocycles. The molecule has 0 spiro atoms. The lowest BCUT2D eigenvalue weighted by Crippen LogP contribution is -2.29. The van der Waals surface area contributed by atoms with Crippen molar-refractivity contribution >= 4 is 11.7 Å². The van der Waals surface area contributed by atoms with E-state index >= 15 is 0 Å². The van der Waals surface area contributed by atoms with E-state index in [-0.39, 0.29) is 6.03 Å². The van der Waals surface area contributed by atoms with Crippen molar-refractivity contribution in [3.05, 3.63) is 77.2 Å². The zero-order valence-corrected chi connectivity index (χ0v) is 19.4. The molecule has 2 N–H and O–H groups in total. The van der Waals surface area contributed by atoms with Crippen molar-refractivity contribution in [3.63, 3.8) is 0 Å². The Balaban J connectivity index is 1.65. The standard InChI is InChI=1S/C26H32N2O4/c1-17(2)21-7-6-8-22(18(3)4)25(21)28-26(29)27-14-19-9-10-23(24(13-19)30-5)32-16-20-11-12-31-15-20/h6-13,15,17-18H,14,16H2,1-5H3,(H2,27,28,29). The van der Waals surface area contributed by atoms with E-state index < -0.39 is 0 Å². The molecule has 0 bridgehead atoms. The SMILES string of the molecule is COc1cc(CNC(=O)Nc2c(C(C)C)cccc2C(C)C)ccc1OCc1ccoc1. The van der Waals surface area contributed by atoms with Crippen molar-refractivity contribution in [1.29, 1.82) is 0 Å². The smallest absolute Gasteiger partial charge is 0.319 e. The summed E-state index contributed by atoms with van der Waals surface area (Å²) in [6.45, 7) is 9.28. The maximum Gasteiger partial charge on any atom is 0.319 e. The molecule has 6 nitrogen and oxygen atoms in total. The number of hydrogen-bond donors (Lipinski definition) is 2. The summed E-state index contributed by atoms with van der Waals surface area (Å²) in [5, 5.41) is 6.02. The van der Waals surface area contributed by atoms with Crippen molar-refractivity contribution in [2.45, 2.75) is 52.7 Å². The molecule has 3 aromatic rings. The number of carbonyl (C=O) groups is 1. The van der Waals surface area contributed by atoms with E-state index in [2.05, 4.69) is 56.5 Å². The highest BCUT2D eigenvalue weighted by Crippen LogP contribution is 2.32. The van der Waals surface area contributed by atoms with Gasteiger partial charge in [-0.1, -0.05) is 52.0 Å². The van der Waals surface area contributed by atoms with Crippen LogP contribution in [0, 0.1) is 0 Å². The molecule has 3 rings (SSSR count).